The number of nitrogens with two attached hydrogens (primary N) is 1. The molecule has 2 fully saturated rings. The van der Waals surface area contributed by atoms with Crippen molar-refractivity contribution >= 4 is 29.9 Å². The van der Waals surface area contributed by atoms with Crippen LogP contribution in [0.4, 0.5) is 0 Å². The van der Waals surface area contributed by atoms with Gasteiger partial charge in [0.1, 0.15) is 0 Å². The van der Waals surface area contributed by atoms with Gasteiger partial charge in [-0.05, 0) is 44.7 Å². The number of hydrogen-bond donors (Lipinski definition) is 1. The highest BCUT2D eigenvalue weighted by Crippen LogP contribution is 2.24. The molecule has 1 saturated carbocycles. The summed E-state index contributed by atoms with van der Waals surface area (Å²) in [7, 11) is 2.06. The van der Waals surface area contributed by atoms with Crippen LogP contribution < -0.4 is 5.73 Å². The first kappa shape index (κ1) is 16.0. The molecule has 2 rings (SSSR count). The number of guanidine groups is 1. The monoisotopic (exact) mass is 366 g/mol. The molecule has 5 heteroatoms. The zero-order valence-electron chi connectivity index (χ0n) is 11.6. The molecule has 0 aromatic heterocycles. The van der Waals surface area contributed by atoms with E-state index in [1.54, 1.807) is 0 Å². The smallest absolute Gasteiger partial charge is 0.191 e. The van der Waals surface area contributed by atoms with Crippen molar-refractivity contribution in [2.24, 2.45) is 16.6 Å². The lowest BCUT2D eigenvalue weighted by Crippen LogP contribution is -2.36. The van der Waals surface area contributed by atoms with Gasteiger partial charge in [-0.1, -0.05) is 6.92 Å². The average molecular weight is 366 g/mol. The summed E-state index contributed by atoms with van der Waals surface area (Å²) in [6.07, 6.45) is 5.27. The molecule has 0 spiro atoms. The van der Waals surface area contributed by atoms with Crippen LogP contribution in [-0.2, 0) is 0 Å². The van der Waals surface area contributed by atoms with Gasteiger partial charge in [0.05, 0.1) is 0 Å². The minimum Gasteiger partial charge on any atom is -0.370 e. The Balaban J connectivity index is 0.00000162. The van der Waals surface area contributed by atoms with Crippen molar-refractivity contribution in [2.75, 3.05) is 33.2 Å². The first-order chi connectivity index (χ1) is 8.16. The maximum absolute atomic E-state index is 5.98. The second-order valence-corrected chi connectivity index (χ2v) is 5.65. The molecule has 0 bridgehead atoms. The zero-order valence-corrected chi connectivity index (χ0v) is 14.0. The van der Waals surface area contributed by atoms with E-state index < -0.39 is 0 Å². The Labute approximate surface area is 128 Å². The first-order valence-corrected chi connectivity index (χ1v) is 6.92. The van der Waals surface area contributed by atoms with Gasteiger partial charge in [-0.3, -0.25) is 4.99 Å². The molecule has 18 heavy (non-hydrogen) atoms. The molecule has 0 aromatic rings. The van der Waals surface area contributed by atoms with E-state index in [9.17, 15) is 0 Å². The van der Waals surface area contributed by atoms with Crippen molar-refractivity contribution in [3.63, 3.8) is 0 Å². The second kappa shape index (κ2) is 7.53. The quantitative estimate of drug-likeness (QED) is 0.458. The second-order valence-electron chi connectivity index (χ2n) is 5.65. The average Bonchev–Trinajstić information content (AvgIpc) is 3.05. The highest BCUT2D eigenvalue weighted by atomic mass is 127. The summed E-state index contributed by atoms with van der Waals surface area (Å²) in [4.78, 5) is 9.19. The highest BCUT2D eigenvalue weighted by molar-refractivity contribution is 14.0. The van der Waals surface area contributed by atoms with E-state index in [1.165, 1.54) is 45.3 Å². The molecule has 106 valence electrons. The van der Waals surface area contributed by atoms with E-state index in [1.807, 2.05) is 0 Å². The fourth-order valence-electron chi connectivity index (χ4n) is 2.47. The third-order valence-electron chi connectivity index (χ3n) is 3.79. The van der Waals surface area contributed by atoms with Gasteiger partial charge in [0.15, 0.2) is 5.96 Å². The predicted octanol–water partition coefficient (Wildman–Crippen LogP) is 1.75. The number of nitrogens with zero attached hydrogens (tertiary/aromatic N) is 3. The maximum Gasteiger partial charge on any atom is 0.191 e. The van der Waals surface area contributed by atoms with Crippen LogP contribution in [0.3, 0.4) is 0 Å². The summed E-state index contributed by atoms with van der Waals surface area (Å²) in [6, 6.07) is 0.660. The lowest BCUT2D eigenvalue weighted by atomic mass is 10.2. The largest absolute Gasteiger partial charge is 0.370 e. The highest BCUT2D eigenvalue weighted by Gasteiger charge is 2.27. The lowest BCUT2D eigenvalue weighted by molar-refractivity contribution is 0.291. The molecule has 1 aliphatic carbocycles. The third kappa shape index (κ3) is 4.91. The standard InChI is InChI=1S/C13H26N4.HI/c1-11(10-17-7-3-4-8-17)9-15-13(14)16(2)12-5-6-12;/h11-12H,3-10H2,1-2H3,(H2,14,15);1H. The summed E-state index contributed by atoms with van der Waals surface area (Å²) in [5, 5.41) is 0. The molecule has 0 amide bonds. The molecule has 0 radical (unpaired) electrons. The number of likely N-dealkylation sites (tertiary alicyclic amines) is 1. The van der Waals surface area contributed by atoms with Gasteiger partial charge in [0.25, 0.3) is 0 Å². The van der Waals surface area contributed by atoms with Crippen LogP contribution >= 0.6 is 24.0 Å². The van der Waals surface area contributed by atoms with E-state index in [0.29, 0.717) is 12.0 Å². The van der Waals surface area contributed by atoms with Gasteiger partial charge in [-0.25, -0.2) is 0 Å². The maximum atomic E-state index is 5.98. The van der Waals surface area contributed by atoms with Crippen molar-refractivity contribution in [3.05, 3.63) is 0 Å². The lowest BCUT2D eigenvalue weighted by Gasteiger charge is -2.20. The summed E-state index contributed by atoms with van der Waals surface area (Å²) in [5.41, 5.74) is 5.98. The first-order valence-electron chi connectivity index (χ1n) is 6.92. The van der Waals surface area contributed by atoms with Crippen molar-refractivity contribution in [1.29, 1.82) is 0 Å². The Morgan fingerprint density at radius 3 is 2.56 bits per heavy atom. The van der Waals surface area contributed by atoms with Gasteiger partial charge in [0.2, 0.25) is 0 Å². The Morgan fingerprint density at radius 1 is 1.39 bits per heavy atom. The van der Waals surface area contributed by atoms with Crippen LogP contribution in [0.1, 0.15) is 32.6 Å². The SMILES string of the molecule is CC(CN=C(N)N(C)C1CC1)CN1CCCC1.I. The topological polar surface area (TPSA) is 44.9 Å². The normalized spacial score (nSPS) is 22.7. The predicted molar refractivity (Wildman–Crippen MR) is 87.5 cm³/mol. The van der Waals surface area contributed by atoms with Gasteiger partial charge < -0.3 is 15.5 Å². The number of rotatable bonds is 5. The minimum absolute atomic E-state index is 0. The Bertz CT molecular complexity index is 272. The molecule has 1 heterocycles. The Hall–Kier alpha value is -0.0400. The van der Waals surface area contributed by atoms with Crippen LogP contribution in [-0.4, -0.2) is 55.0 Å². The molecule has 1 aliphatic heterocycles. The van der Waals surface area contributed by atoms with Crippen LogP contribution in [0.25, 0.3) is 0 Å². The zero-order chi connectivity index (χ0) is 12.3. The van der Waals surface area contributed by atoms with E-state index in [2.05, 4.69) is 28.8 Å². The molecule has 1 unspecified atom stereocenters. The van der Waals surface area contributed by atoms with Crippen molar-refractivity contribution < 1.29 is 0 Å². The molecule has 4 nitrogen and oxygen atoms in total. The molecule has 2 N–H and O–H groups in total. The molecule has 1 atom stereocenters. The van der Waals surface area contributed by atoms with Crippen LogP contribution in [0.5, 0.6) is 0 Å². The fraction of sp³-hybridized carbons (Fsp3) is 0.923. The van der Waals surface area contributed by atoms with Crippen molar-refractivity contribution in [3.8, 4) is 0 Å². The molecular weight excluding hydrogens is 339 g/mol. The molecule has 2 aliphatic rings. The summed E-state index contributed by atoms with van der Waals surface area (Å²) >= 11 is 0. The van der Waals surface area contributed by atoms with Gasteiger partial charge in [0, 0.05) is 26.2 Å². The van der Waals surface area contributed by atoms with Crippen molar-refractivity contribution in [1.82, 2.24) is 9.80 Å². The van der Waals surface area contributed by atoms with E-state index >= 15 is 0 Å². The van der Waals surface area contributed by atoms with E-state index in [-0.39, 0.29) is 24.0 Å². The Kier molecular flexibility index (Phi) is 6.70. The Morgan fingerprint density at radius 2 is 2.00 bits per heavy atom. The van der Waals surface area contributed by atoms with Gasteiger partial charge in [-0.2, -0.15) is 0 Å². The summed E-state index contributed by atoms with van der Waals surface area (Å²) in [5.74, 6) is 1.33. The third-order valence-corrected chi connectivity index (χ3v) is 3.79. The summed E-state index contributed by atoms with van der Waals surface area (Å²) in [6.45, 7) is 6.84. The minimum atomic E-state index is 0. The molecular formula is C13H27IN4. The van der Waals surface area contributed by atoms with Crippen LogP contribution in [0.15, 0.2) is 4.99 Å². The van der Waals surface area contributed by atoms with E-state index in [4.69, 9.17) is 5.73 Å². The molecule has 0 aromatic carbocycles. The summed E-state index contributed by atoms with van der Waals surface area (Å²) < 4.78 is 0. The van der Waals surface area contributed by atoms with Crippen LogP contribution in [0.2, 0.25) is 0 Å². The molecule has 1 saturated heterocycles. The fourth-order valence-corrected chi connectivity index (χ4v) is 2.47. The number of halogens is 1. The number of aliphatic imine (C=N–C) groups is 1. The van der Waals surface area contributed by atoms with Crippen molar-refractivity contribution in [2.45, 2.75) is 38.6 Å². The van der Waals surface area contributed by atoms with Gasteiger partial charge >= 0.3 is 0 Å². The van der Waals surface area contributed by atoms with E-state index in [0.717, 1.165) is 12.5 Å². The van der Waals surface area contributed by atoms with Crippen LogP contribution in [0, 0.1) is 5.92 Å². The number of hydrogen-bond acceptors (Lipinski definition) is 2. The van der Waals surface area contributed by atoms with Gasteiger partial charge in [-0.15, -0.1) is 24.0 Å².